The molecule has 3 heterocycles. The van der Waals surface area contributed by atoms with Crippen LogP contribution >= 0.6 is 0 Å². The number of aliphatic hydroxyl groups is 11. The zero-order chi connectivity index (χ0) is 25.3. The molecule has 11 N–H and O–H groups in total. The van der Waals surface area contributed by atoms with Crippen molar-refractivity contribution < 1.29 is 79.9 Å². The van der Waals surface area contributed by atoms with E-state index in [0.29, 0.717) is 0 Å². The molecule has 0 aromatic carbocycles. The molecule has 0 aromatic rings. The zero-order valence-electron chi connectivity index (χ0n) is 17.7. The van der Waals surface area contributed by atoms with Crippen molar-refractivity contribution in [3.63, 3.8) is 0 Å². The van der Waals surface area contributed by atoms with Gasteiger partial charge in [0.2, 0.25) is 0 Å². The summed E-state index contributed by atoms with van der Waals surface area (Å²) in [5.74, 6) is 0. The second-order valence-electron chi connectivity index (χ2n) is 8.37. The summed E-state index contributed by atoms with van der Waals surface area (Å²) < 4.78 is 26.4. The molecule has 16 heteroatoms. The second-order valence-corrected chi connectivity index (χ2v) is 8.37. The van der Waals surface area contributed by atoms with E-state index < -0.39 is 112 Å². The predicted octanol–water partition coefficient (Wildman–Crippen LogP) is -7.57. The maximum Gasteiger partial charge on any atom is 0.187 e. The highest BCUT2D eigenvalue weighted by molar-refractivity contribution is 4.94. The van der Waals surface area contributed by atoms with E-state index in [1.807, 2.05) is 0 Å². The van der Waals surface area contributed by atoms with Crippen molar-refractivity contribution >= 4 is 0 Å². The van der Waals surface area contributed by atoms with Gasteiger partial charge in [0.05, 0.1) is 19.8 Å². The molecule has 0 amide bonds. The van der Waals surface area contributed by atoms with E-state index in [2.05, 4.69) is 0 Å². The molecule has 34 heavy (non-hydrogen) atoms. The van der Waals surface area contributed by atoms with Crippen LogP contribution in [0.1, 0.15) is 0 Å². The highest BCUT2D eigenvalue weighted by Gasteiger charge is 2.51. The molecule has 15 atom stereocenters. The molecular weight excluding hydrogens is 472 g/mol. The van der Waals surface area contributed by atoms with Gasteiger partial charge < -0.3 is 79.9 Å². The van der Waals surface area contributed by atoms with Crippen LogP contribution in [0.25, 0.3) is 0 Å². The van der Waals surface area contributed by atoms with Crippen LogP contribution in [-0.4, -0.2) is 168 Å². The summed E-state index contributed by atoms with van der Waals surface area (Å²) in [5, 5.41) is 109. The molecule has 0 spiro atoms. The predicted molar refractivity (Wildman–Crippen MR) is 101 cm³/mol. The normalized spacial score (nSPS) is 52.5. The standard InChI is InChI=1S/C18H32O16/c19-1-4-7(21)9(23)13(27)17(32-4)30-3-6-15(11(25)12(26)16(29)31-6)34-18-14(28)10(24)8(22)5(2-20)33-18/h4-29H,1-3H2/t4-,5-,6-,7-,8-,9+,10+,11-,12-,13-,14-,15-,16+,17-,18+/m1/s1. The average molecular weight is 504 g/mol. The van der Waals surface area contributed by atoms with Crippen LogP contribution in [0.5, 0.6) is 0 Å². The first-order chi connectivity index (χ1) is 16.0. The number of hydrogen-bond donors (Lipinski definition) is 11. The lowest BCUT2D eigenvalue weighted by molar-refractivity contribution is -0.363. The molecule has 0 aliphatic carbocycles. The summed E-state index contributed by atoms with van der Waals surface area (Å²) in [7, 11) is 0. The largest absolute Gasteiger partial charge is 0.394 e. The molecular formula is C18H32O16. The highest BCUT2D eigenvalue weighted by Crippen LogP contribution is 2.30. The minimum Gasteiger partial charge on any atom is -0.394 e. The fourth-order valence-electron chi connectivity index (χ4n) is 3.95. The Morgan fingerprint density at radius 3 is 1.53 bits per heavy atom. The minimum absolute atomic E-state index is 0.619. The van der Waals surface area contributed by atoms with Gasteiger partial charge in [-0.25, -0.2) is 0 Å². The average Bonchev–Trinajstić information content (AvgIpc) is 2.82. The Bertz CT molecular complexity index is 637. The van der Waals surface area contributed by atoms with Crippen LogP contribution in [0, 0.1) is 0 Å². The second kappa shape index (κ2) is 11.6. The van der Waals surface area contributed by atoms with Crippen LogP contribution in [-0.2, 0) is 23.7 Å². The van der Waals surface area contributed by atoms with Gasteiger partial charge in [0.25, 0.3) is 0 Å². The van der Waals surface area contributed by atoms with E-state index in [0.717, 1.165) is 0 Å². The van der Waals surface area contributed by atoms with Crippen LogP contribution in [0.4, 0.5) is 0 Å². The fourth-order valence-corrected chi connectivity index (χ4v) is 3.95. The first-order valence-electron chi connectivity index (χ1n) is 10.6. The maximum absolute atomic E-state index is 10.4. The lowest BCUT2D eigenvalue weighted by Gasteiger charge is -2.46. The van der Waals surface area contributed by atoms with Gasteiger partial charge in [0.1, 0.15) is 73.2 Å². The van der Waals surface area contributed by atoms with Crippen molar-refractivity contribution in [1.82, 2.24) is 0 Å². The molecule has 0 aromatic heterocycles. The van der Waals surface area contributed by atoms with Gasteiger partial charge in [-0.2, -0.15) is 0 Å². The Labute approximate surface area is 192 Å². The summed E-state index contributed by atoms with van der Waals surface area (Å²) in [6, 6.07) is 0. The van der Waals surface area contributed by atoms with Gasteiger partial charge in [0.15, 0.2) is 18.9 Å². The minimum atomic E-state index is -1.91. The van der Waals surface area contributed by atoms with E-state index >= 15 is 0 Å². The molecule has 0 unspecified atom stereocenters. The summed E-state index contributed by atoms with van der Waals surface area (Å²) in [5.41, 5.74) is 0. The quantitative estimate of drug-likeness (QED) is 0.154. The lowest BCUT2D eigenvalue weighted by Crippen LogP contribution is -2.65. The number of aliphatic hydroxyl groups excluding tert-OH is 11. The summed E-state index contributed by atoms with van der Waals surface area (Å²) in [6.07, 6.45) is -25.0. The number of ether oxygens (including phenoxy) is 5. The Hall–Kier alpha value is -0.640. The van der Waals surface area contributed by atoms with Gasteiger partial charge in [-0.1, -0.05) is 0 Å². The van der Waals surface area contributed by atoms with Gasteiger partial charge in [0, 0.05) is 0 Å². The Kier molecular flexibility index (Phi) is 9.54. The van der Waals surface area contributed by atoms with Crippen molar-refractivity contribution in [3.8, 4) is 0 Å². The molecule has 3 aliphatic rings. The Morgan fingerprint density at radius 1 is 0.500 bits per heavy atom. The summed E-state index contributed by atoms with van der Waals surface area (Å²) in [6.45, 7) is -2.08. The third-order valence-electron chi connectivity index (χ3n) is 6.07. The molecule has 16 nitrogen and oxygen atoms in total. The van der Waals surface area contributed by atoms with Crippen molar-refractivity contribution in [1.29, 1.82) is 0 Å². The van der Waals surface area contributed by atoms with E-state index in [4.69, 9.17) is 23.7 Å². The third kappa shape index (κ3) is 5.52. The monoisotopic (exact) mass is 504 g/mol. The molecule has 200 valence electrons. The van der Waals surface area contributed by atoms with Gasteiger partial charge >= 0.3 is 0 Å². The molecule has 3 saturated heterocycles. The topological polar surface area (TPSA) is 269 Å². The third-order valence-corrected chi connectivity index (χ3v) is 6.07. The smallest absolute Gasteiger partial charge is 0.187 e. The van der Waals surface area contributed by atoms with E-state index in [9.17, 15) is 56.2 Å². The van der Waals surface area contributed by atoms with Crippen molar-refractivity contribution in [2.75, 3.05) is 19.8 Å². The SMILES string of the molecule is OC[C@H]1O[C@@H](OC[C@H]2O[C@H](O)[C@H](O)[C@@H](O)[C@@H]2O[C@@H]2O[C@H](CO)[C@@H](O)[C@H](O)[C@H]2O)[C@H](O)[C@@H](O)[C@@H]1O. The lowest BCUT2D eigenvalue weighted by atomic mass is 9.97. The number of rotatable bonds is 7. The van der Waals surface area contributed by atoms with E-state index in [1.54, 1.807) is 0 Å². The highest BCUT2D eigenvalue weighted by atomic mass is 16.7. The van der Waals surface area contributed by atoms with E-state index in [1.165, 1.54) is 0 Å². The molecule has 0 bridgehead atoms. The molecule has 3 rings (SSSR count). The van der Waals surface area contributed by atoms with Gasteiger partial charge in [-0.3, -0.25) is 0 Å². The summed E-state index contributed by atoms with van der Waals surface area (Å²) in [4.78, 5) is 0. The Balaban J connectivity index is 1.72. The molecule has 3 fully saturated rings. The maximum atomic E-state index is 10.4. The van der Waals surface area contributed by atoms with Crippen LogP contribution in [0.2, 0.25) is 0 Å². The van der Waals surface area contributed by atoms with Gasteiger partial charge in [-0.05, 0) is 0 Å². The first kappa shape index (κ1) is 27.9. The van der Waals surface area contributed by atoms with Crippen LogP contribution in [0.15, 0.2) is 0 Å². The van der Waals surface area contributed by atoms with Gasteiger partial charge in [-0.15, -0.1) is 0 Å². The number of hydrogen-bond acceptors (Lipinski definition) is 16. The first-order valence-corrected chi connectivity index (χ1v) is 10.6. The van der Waals surface area contributed by atoms with Crippen molar-refractivity contribution in [3.05, 3.63) is 0 Å². The van der Waals surface area contributed by atoms with Crippen LogP contribution in [0.3, 0.4) is 0 Å². The van der Waals surface area contributed by atoms with Crippen LogP contribution < -0.4 is 0 Å². The summed E-state index contributed by atoms with van der Waals surface area (Å²) >= 11 is 0. The fraction of sp³-hybridized carbons (Fsp3) is 1.00. The van der Waals surface area contributed by atoms with Crippen molar-refractivity contribution in [2.24, 2.45) is 0 Å². The zero-order valence-corrected chi connectivity index (χ0v) is 17.7. The molecule has 0 radical (unpaired) electrons. The molecule has 0 saturated carbocycles. The van der Waals surface area contributed by atoms with E-state index in [-0.39, 0.29) is 0 Å². The Morgan fingerprint density at radius 2 is 1.00 bits per heavy atom. The van der Waals surface area contributed by atoms with Crippen molar-refractivity contribution in [2.45, 2.75) is 92.1 Å². The molecule has 3 aliphatic heterocycles.